The molecule has 0 saturated heterocycles. The molecule has 0 amide bonds. The third kappa shape index (κ3) is 2.57. The van der Waals surface area contributed by atoms with Crippen LogP contribution in [-0.4, -0.2) is 25.1 Å². The number of aromatic amines is 3. The molecule has 0 saturated carbocycles. The zero-order chi connectivity index (χ0) is 19.3. The number of nitrogens with zero attached hydrogens (tertiary/aromatic N) is 2. The highest BCUT2D eigenvalue weighted by Gasteiger charge is 2.20. The van der Waals surface area contributed by atoms with E-state index in [1.165, 1.54) is 0 Å². The van der Waals surface area contributed by atoms with Gasteiger partial charge in [0.2, 0.25) is 0 Å². The van der Waals surface area contributed by atoms with Crippen molar-refractivity contribution in [3.8, 4) is 22.4 Å². The van der Waals surface area contributed by atoms with Gasteiger partial charge in [-0.15, -0.1) is 0 Å². The molecule has 2 aromatic carbocycles. The Balaban J connectivity index is 2.01. The van der Waals surface area contributed by atoms with Crippen LogP contribution < -0.4 is 11.2 Å². The molecule has 0 fully saturated rings. The Labute approximate surface area is 165 Å². The SMILES string of the molecule is O=c1[nH]c(=O)c2c(-c3ccc(Br)cc3)c3c(-c4ccccc4)[nH]nc3nc2[nH]1. The second kappa shape index (κ2) is 6.28. The molecule has 0 atom stereocenters. The van der Waals surface area contributed by atoms with Gasteiger partial charge in [-0.05, 0) is 17.7 Å². The number of pyridine rings is 1. The van der Waals surface area contributed by atoms with Crippen LogP contribution in [0, 0.1) is 0 Å². The first-order valence-electron chi connectivity index (χ1n) is 8.47. The monoisotopic (exact) mass is 433 g/mol. The highest BCUT2D eigenvalue weighted by Crippen LogP contribution is 2.37. The van der Waals surface area contributed by atoms with Crippen molar-refractivity contribution in [2.75, 3.05) is 0 Å². The van der Waals surface area contributed by atoms with Crippen molar-refractivity contribution in [2.45, 2.75) is 0 Å². The number of nitrogens with one attached hydrogen (secondary N) is 3. The fraction of sp³-hybridized carbons (Fsp3) is 0. The zero-order valence-electron chi connectivity index (χ0n) is 14.3. The van der Waals surface area contributed by atoms with E-state index in [4.69, 9.17) is 0 Å². The van der Waals surface area contributed by atoms with Crippen molar-refractivity contribution in [1.29, 1.82) is 0 Å². The van der Waals surface area contributed by atoms with Gasteiger partial charge < -0.3 is 0 Å². The highest BCUT2D eigenvalue weighted by molar-refractivity contribution is 9.10. The summed E-state index contributed by atoms with van der Waals surface area (Å²) in [6, 6.07) is 17.3. The quantitative estimate of drug-likeness (QED) is 0.395. The summed E-state index contributed by atoms with van der Waals surface area (Å²) in [7, 11) is 0. The summed E-state index contributed by atoms with van der Waals surface area (Å²) in [4.78, 5) is 33.8. The predicted molar refractivity (Wildman–Crippen MR) is 111 cm³/mol. The topological polar surface area (TPSA) is 107 Å². The fourth-order valence-corrected chi connectivity index (χ4v) is 3.65. The zero-order valence-corrected chi connectivity index (χ0v) is 15.9. The van der Waals surface area contributed by atoms with Crippen LogP contribution in [-0.2, 0) is 0 Å². The van der Waals surface area contributed by atoms with Crippen LogP contribution in [0.3, 0.4) is 0 Å². The molecule has 0 spiro atoms. The number of hydrogen-bond donors (Lipinski definition) is 3. The van der Waals surface area contributed by atoms with Crippen molar-refractivity contribution >= 4 is 38.0 Å². The minimum Gasteiger partial charge on any atom is -0.291 e. The van der Waals surface area contributed by atoms with E-state index in [9.17, 15) is 9.59 Å². The lowest BCUT2D eigenvalue weighted by Gasteiger charge is -2.09. The maximum atomic E-state index is 12.7. The largest absolute Gasteiger partial charge is 0.327 e. The molecular weight excluding hydrogens is 422 g/mol. The molecule has 0 unspecified atom stereocenters. The van der Waals surface area contributed by atoms with Gasteiger partial charge in [0.05, 0.1) is 16.5 Å². The van der Waals surface area contributed by atoms with Gasteiger partial charge in [-0.25, -0.2) is 9.78 Å². The van der Waals surface area contributed by atoms with Gasteiger partial charge in [-0.3, -0.25) is 19.9 Å². The van der Waals surface area contributed by atoms with Crippen LogP contribution >= 0.6 is 15.9 Å². The molecule has 0 bridgehead atoms. The van der Waals surface area contributed by atoms with Crippen LogP contribution in [0.1, 0.15) is 0 Å². The molecule has 28 heavy (non-hydrogen) atoms. The Hall–Kier alpha value is -3.52. The third-order valence-electron chi connectivity index (χ3n) is 4.58. The van der Waals surface area contributed by atoms with E-state index in [2.05, 4.69) is 41.1 Å². The Bertz CT molecular complexity index is 1450. The van der Waals surface area contributed by atoms with E-state index in [1.54, 1.807) is 0 Å². The molecule has 5 rings (SSSR count). The maximum absolute atomic E-state index is 12.7. The maximum Gasteiger partial charge on any atom is 0.327 e. The number of H-pyrrole nitrogens is 3. The number of fused-ring (bicyclic) bond motifs is 2. The van der Waals surface area contributed by atoms with Gasteiger partial charge in [0.15, 0.2) is 5.65 Å². The summed E-state index contributed by atoms with van der Waals surface area (Å²) in [5.41, 5.74) is 2.68. The molecule has 3 aromatic heterocycles. The first-order valence-corrected chi connectivity index (χ1v) is 9.27. The summed E-state index contributed by atoms with van der Waals surface area (Å²) >= 11 is 3.44. The van der Waals surface area contributed by atoms with Crippen LogP contribution in [0.15, 0.2) is 68.7 Å². The Kier molecular flexibility index (Phi) is 3.73. The summed E-state index contributed by atoms with van der Waals surface area (Å²) < 4.78 is 0.920. The summed E-state index contributed by atoms with van der Waals surface area (Å²) in [6.07, 6.45) is 0. The van der Waals surface area contributed by atoms with E-state index in [1.807, 2.05) is 54.6 Å². The van der Waals surface area contributed by atoms with Gasteiger partial charge in [-0.2, -0.15) is 5.10 Å². The number of rotatable bonds is 2. The number of benzene rings is 2. The van der Waals surface area contributed by atoms with Crippen LogP contribution in [0.4, 0.5) is 0 Å². The van der Waals surface area contributed by atoms with Gasteiger partial charge in [-0.1, -0.05) is 58.4 Å². The lowest BCUT2D eigenvalue weighted by molar-refractivity contribution is 1.06. The Morgan fingerprint density at radius 2 is 1.57 bits per heavy atom. The molecule has 3 heterocycles. The average Bonchev–Trinajstić information content (AvgIpc) is 3.11. The van der Waals surface area contributed by atoms with E-state index in [-0.39, 0.29) is 5.65 Å². The van der Waals surface area contributed by atoms with Gasteiger partial charge in [0.1, 0.15) is 5.65 Å². The Morgan fingerprint density at radius 1 is 0.821 bits per heavy atom. The smallest absolute Gasteiger partial charge is 0.291 e. The second-order valence-corrected chi connectivity index (χ2v) is 7.20. The molecular formula is C20H12BrN5O2. The first kappa shape index (κ1) is 16.6. The van der Waals surface area contributed by atoms with E-state index in [0.29, 0.717) is 16.6 Å². The number of aromatic nitrogens is 5. The molecule has 0 aliphatic carbocycles. The van der Waals surface area contributed by atoms with E-state index in [0.717, 1.165) is 26.7 Å². The van der Waals surface area contributed by atoms with E-state index < -0.39 is 11.2 Å². The van der Waals surface area contributed by atoms with Crippen molar-refractivity contribution in [1.82, 2.24) is 25.1 Å². The van der Waals surface area contributed by atoms with Crippen LogP contribution in [0.2, 0.25) is 0 Å². The minimum absolute atomic E-state index is 0.199. The number of halogens is 1. The first-order chi connectivity index (χ1) is 13.6. The number of hydrogen-bond acceptors (Lipinski definition) is 4. The molecule has 0 radical (unpaired) electrons. The molecule has 7 nitrogen and oxygen atoms in total. The van der Waals surface area contributed by atoms with Gasteiger partial charge in [0, 0.05) is 15.6 Å². The summed E-state index contributed by atoms with van der Waals surface area (Å²) in [5.74, 6) is 0. The summed E-state index contributed by atoms with van der Waals surface area (Å²) in [6.45, 7) is 0. The molecule has 3 N–H and O–H groups in total. The molecule has 0 aliphatic heterocycles. The molecule has 5 aromatic rings. The van der Waals surface area contributed by atoms with Crippen molar-refractivity contribution in [2.24, 2.45) is 0 Å². The Morgan fingerprint density at radius 3 is 2.32 bits per heavy atom. The lowest BCUT2D eigenvalue weighted by atomic mass is 9.97. The van der Waals surface area contributed by atoms with Gasteiger partial charge in [0.25, 0.3) is 5.56 Å². The summed E-state index contributed by atoms with van der Waals surface area (Å²) in [5, 5.41) is 8.40. The minimum atomic E-state index is -0.607. The fourth-order valence-electron chi connectivity index (χ4n) is 3.39. The highest BCUT2D eigenvalue weighted by atomic mass is 79.9. The molecule has 136 valence electrons. The average molecular weight is 434 g/mol. The third-order valence-corrected chi connectivity index (χ3v) is 5.11. The molecule has 0 aliphatic rings. The van der Waals surface area contributed by atoms with E-state index >= 15 is 0 Å². The molecule has 8 heteroatoms. The second-order valence-electron chi connectivity index (χ2n) is 6.29. The van der Waals surface area contributed by atoms with Gasteiger partial charge >= 0.3 is 5.69 Å². The van der Waals surface area contributed by atoms with Crippen LogP contribution in [0.25, 0.3) is 44.5 Å². The van der Waals surface area contributed by atoms with Crippen molar-refractivity contribution in [3.63, 3.8) is 0 Å². The van der Waals surface area contributed by atoms with Crippen molar-refractivity contribution < 1.29 is 0 Å². The standard InChI is InChI=1S/C20H12BrN5O2/c21-12-8-6-10(7-9-12)13-14-16(11-4-2-1-3-5-11)25-26-18(14)22-17-15(13)19(27)24-20(28)23-17/h1-9H,(H3,22,23,24,25,26,27,28). The van der Waals surface area contributed by atoms with Crippen LogP contribution in [0.5, 0.6) is 0 Å². The predicted octanol–water partition coefficient (Wildman–Crippen LogP) is 3.58. The van der Waals surface area contributed by atoms with Crippen molar-refractivity contribution in [3.05, 3.63) is 79.9 Å². The lowest BCUT2D eigenvalue weighted by Crippen LogP contribution is -2.23. The normalized spacial score (nSPS) is 11.3.